The van der Waals surface area contributed by atoms with Crippen LogP contribution in [0.4, 0.5) is 0 Å². The molecule has 0 amide bonds. The molecule has 0 saturated carbocycles. The van der Waals surface area contributed by atoms with Gasteiger partial charge in [0.05, 0.1) is 5.69 Å². The van der Waals surface area contributed by atoms with Crippen molar-refractivity contribution in [1.82, 2.24) is 4.57 Å². The number of ketones is 2. The number of hydrogen-bond acceptors (Lipinski definition) is 2. The van der Waals surface area contributed by atoms with Crippen molar-refractivity contribution in [2.24, 2.45) is 7.05 Å². The van der Waals surface area contributed by atoms with Crippen molar-refractivity contribution in [3.05, 3.63) is 58.4 Å². The molecular weight excluding hydrogens is 250 g/mol. The highest BCUT2D eigenvalue weighted by molar-refractivity contribution is 6.30. The van der Waals surface area contributed by atoms with Gasteiger partial charge in [-0.3, -0.25) is 9.59 Å². The zero-order valence-electron chi connectivity index (χ0n) is 10.1. The Kier molecular flexibility index (Phi) is 3.34. The van der Waals surface area contributed by atoms with Crippen LogP contribution in [0.3, 0.4) is 0 Å². The highest BCUT2D eigenvalue weighted by Crippen LogP contribution is 2.16. The Morgan fingerprint density at radius 3 is 2.22 bits per heavy atom. The van der Waals surface area contributed by atoms with Crippen molar-refractivity contribution >= 4 is 23.2 Å². The van der Waals surface area contributed by atoms with Crippen molar-refractivity contribution in [2.45, 2.75) is 6.92 Å². The van der Waals surface area contributed by atoms with Gasteiger partial charge >= 0.3 is 0 Å². The summed E-state index contributed by atoms with van der Waals surface area (Å²) in [6, 6.07) is 8.29. The second-order valence-corrected chi connectivity index (χ2v) is 4.55. The smallest absolute Gasteiger partial charge is 0.209 e. The molecule has 0 aliphatic carbocycles. The first-order valence-corrected chi connectivity index (χ1v) is 5.84. The average Bonchev–Trinajstić information content (AvgIpc) is 2.71. The van der Waals surface area contributed by atoms with E-state index >= 15 is 0 Å². The number of carbonyl (C=O) groups excluding carboxylic acids is 2. The van der Waals surface area contributed by atoms with Crippen molar-refractivity contribution in [2.75, 3.05) is 0 Å². The third kappa shape index (κ3) is 2.36. The monoisotopic (exact) mass is 261 g/mol. The van der Waals surface area contributed by atoms with Crippen LogP contribution in [0.25, 0.3) is 0 Å². The fraction of sp³-hybridized carbons (Fsp3) is 0.143. The summed E-state index contributed by atoms with van der Waals surface area (Å²) in [5, 5.41) is 0.586. The second-order valence-electron chi connectivity index (χ2n) is 4.12. The molecular formula is C14H12ClNO2. The number of nitrogens with zero attached hydrogens (tertiary/aromatic N) is 1. The van der Waals surface area contributed by atoms with E-state index in [0.29, 0.717) is 21.8 Å². The van der Waals surface area contributed by atoms with Crippen LogP contribution in [0.1, 0.15) is 33.3 Å². The normalized spacial score (nSPS) is 10.4. The quantitative estimate of drug-likeness (QED) is 0.797. The van der Waals surface area contributed by atoms with E-state index in [0.717, 1.165) is 0 Å². The lowest BCUT2D eigenvalue weighted by molar-refractivity contribution is 0.101. The van der Waals surface area contributed by atoms with Gasteiger partial charge in [0.25, 0.3) is 0 Å². The summed E-state index contributed by atoms with van der Waals surface area (Å²) in [6.07, 6.45) is 1.66. The molecule has 2 aromatic rings. The first-order chi connectivity index (χ1) is 8.49. The van der Waals surface area contributed by atoms with Crippen molar-refractivity contribution in [3.8, 4) is 0 Å². The Bertz CT molecular complexity index is 611. The van der Waals surface area contributed by atoms with Gasteiger partial charge in [0, 0.05) is 29.4 Å². The predicted molar refractivity (Wildman–Crippen MR) is 70.3 cm³/mol. The summed E-state index contributed by atoms with van der Waals surface area (Å²) in [5.41, 5.74) is 1.58. The molecule has 18 heavy (non-hydrogen) atoms. The number of aryl methyl sites for hydroxylation is 1. The molecule has 0 saturated heterocycles. The summed E-state index contributed by atoms with van der Waals surface area (Å²) < 4.78 is 1.66. The highest BCUT2D eigenvalue weighted by atomic mass is 35.5. The predicted octanol–water partition coefficient (Wildman–Crippen LogP) is 3.11. The van der Waals surface area contributed by atoms with E-state index in [2.05, 4.69) is 0 Å². The Balaban J connectivity index is 2.39. The molecule has 92 valence electrons. The fourth-order valence-electron chi connectivity index (χ4n) is 1.73. The average molecular weight is 262 g/mol. The van der Waals surface area contributed by atoms with Crippen molar-refractivity contribution in [1.29, 1.82) is 0 Å². The molecule has 0 atom stereocenters. The molecule has 0 unspecified atom stereocenters. The zero-order chi connectivity index (χ0) is 13.3. The maximum atomic E-state index is 12.2. The molecule has 0 aliphatic rings. The third-order valence-electron chi connectivity index (χ3n) is 2.75. The lowest BCUT2D eigenvalue weighted by Gasteiger charge is -2.02. The Morgan fingerprint density at radius 1 is 1.11 bits per heavy atom. The minimum atomic E-state index is -0.123. The van der Waals surface area contributed by atoms with Crippen LogP contribution in [0.5, 0.6) is 0 Å². The first-order valence-electron chi connectivity index (χ1n) is 5.46. The Labute approximate surface area is 110 Å². The van der Waals surface area contributed by atoms with Gasteiger partial charge in [-0.2, -0.15) is 0 Å². The van der Waals surface area contributed by atoms with Crippen LogP contribution in [-0.2, 0) is 7.05 Å². The number of carbonyl (C=O) groups is 2. The number of aromatic nitrogens is 1. The largest absolute Gasteiger partial charge is 0.347 e. The van der Waals surface area contributed by atoms with Crippen LogP contribution >= 0.6 is 11.6 Å². The maximum Gasteiger partial charge on any atom is 0.209 e. The van der Waals surface area contributed by atoms with Gasteiger partial charge in [0.1, 0.15) is 0 Å². The summed E-state index contributed by atoms with van der Waals surface area (Å²) in [5.74, 6) is -0.178. The van der Waals surface area contributed by atoms with E-state index in [-0.39, 0.29) is 11.6 Å². The minimum Gasteiger partial charge on any atom is -0.347 e. The van der Waals surface area contributed by atoms with Gasteiger partial charge < -0.3 is 4.57 Å². The molecule has 3 nitrogen and oxygen atoms in total. The number of hydrogen-bond donors (Lipinski definition) is 0. The number of rotatable bonds is 3. The lowest BCUT2D eigenvalue weighted by atomic mass is 10.1. The van der Waals surface area contributed by atoms with Crippen LogP contribution in [0, 0.1) is 0 Å². The lowest BCUT2D eigenvalue weighted by Crippen LogP contribution is -2.06. The molecule has 0 N–H and O–H groups in total. The summed E-state index contributed by atoms with van der Waals surface area (Å²) in [4.78, 5) is 23.5. The van der Waals surface area contributed by atoms with E-state index in [1.54, 1.807) is 48.1 Å². The minimum absolute atomic E-state index is 0.0549. The standard InChI is InChI=1S/C14H12ClNO2/c1-9(17)11-7-13(16(2)8-11)14(18)10-3-5-12(15)6-4-10/h3-8H,1-2H3. The molecule has 0 fully saturated rings. The van der Waals surface area contributed by atoms with E-state index in [1.165, 1.54) is 6.92 Å². The van der Waals surface area contributed by atoms with Gasteiger partial charge in [-0.25, -0.2) is 0 Å². The van der Waals surface area contributed by atoms with Gasteiger partial charge in [0.15, 0.2) is 5.78 Å². The van der Waals surface area contributed by atoms with Crippen molar-refractivity contribution in [3.63, 3.8) is 0 Å². The number of benzene rings is 1. The SMILES string of the molecule is CC(=O)c1cc(C(=O)c2ccc(Cl)cc2)n(C)c1. The van der Waals surface area contributed by atoms with Crippen molar-refractivity contribution < 1.29 is 9.59 Å². The molecule has 1 aromatic carbocycles. The van der Waals surface area contributed by atoms with Crippen LogP contribution in [0.2, 0.25) is 5.02 Å². The molecule has 4 heteroatoms. The third-order valence-corrected chi connectivity index (χ3v) is 3.00. The first kappa shape index (κ1) is 12.6. The van der Waals surface area contributed by atoms with E-state index in [9.17, 15) is 9.59 Å². The van der Waals surface area contributed by atoms with Gasteiger partial charge in [0.2, 0.25) is 5.78 Å². The van der Waals surface area contributed by atoms with Crippen LogP contribution in [0.15, 0.2) is 36.5 Å². The summed E-state index contributed by atoms with van der Waals surface area (Å²) in [6.45, 7) is 1.48. The Morgan fingerprint density at radius 2 is 1.72 bits per heavy atom. The Hall–Kier alpha value is -1.87. The topological polar surface area (TPSA) is 39.1 Å². The van der Waals surface area contributed by atoms with E-state index in [1.807, 2.05) is 0 Å². The zero-order valence-corrected chi connectivity index (χ0v) is 10.9. The van der Waals surface area contributed by atoms with Crippen LogP contribution < -0.4 is 0 Å². The van der Waals surface area contributed by atoms with Crippen LogP contribution in [-0.4, -0.2) is 16.1 Å². The van der Waals surface area contributed by atoms with E-state index < -0.39 is 0 Å². The molecule has 2 rings (SSSR count). The molecule has 0 spiro atoms. The molecule has 0 aliphatic heterocycles. The molecule has 1 heterocycles. The highest BCUT2D eigenvalue weighted by Gasteiger charge is 2.15. The number of halogens is 1. The van der Waals surface area contributed by atoms with E-state index in [4.69, 9.17) is 11.6 Å². The summed E-state index contributed by atoms with van der Waals surface area (Å²) in [7, 11) is 1.75. The fourth-order valence-corrected chi connectivity index (χ4v) is 1.86. The van der Waals surface area contributed by atoms with Gasteiger partial charge in [-0.1, -0.05) is 11.6 Å². The maximum absolute atomic E-state index is 12.2. The number of Topliss-reactive ketones (excluding diaryl/α,β-unsaturated/α-hetero) is 1. The molecule has 0 bridgehead atoms. The van der Waals surface area contributed by atoms with Gasteiger partial charge in [-0.15, -0.1) is 0 Å². The van der Waals surface area contributed by atoms with Gasteiger partial charge in [-0.05, 0) is 37.3 Å². The summed E-state index contributed by atoms with van der Waals surface area (Å²) >= 11 is 5.78. The second kappa shape index (κ2) is 4.78. The molecule has 1 aromatic heterocycles. The molecule has 0 radical (unpaired) electrons.